The number of hydrogen-bond donors (Lipinski definition) is 3. The van der Waals surface area contributed by atoms with Crippen LogP contribution in [0.1, 0.15) is 58.9 Å². The van der Waals surface area contributed by atoms with Crippen LogP contribution in [-0.4, -0.2) is 76.9 Å². The van der Waals surface area contributed by atoms with Crippen LogP contribution < -0.4 is 15.4 Å². The molecule has 10 nitrogen and oxygen atoms in total. The van der Waals surface area contributed by atoms with Gasteiger partial charge in [-0.15, -0.1) is 0 Å². The van der Waals surface area contributed by atoms with Crippen LogP contribution in [-0.2, 0) is 11.2 Å². The van der Waals surface area contributed by atoms with Gasteiger partial charge < -0.3 is 30.2 Å². The number of rotatable bonds is 6. The minimum Gasteiger partial charge on any atom is -0.497 e. The van der Waals surface area contributed by atoms with Gasteiger partial charge in [-0.1, -0.05) is 0 Å². The highest BCUT2D eigenvalue weighted by molar-refractivity contribution is 5.99. The van der Waals surface area contributed by atoms with Crippen molar-refractivity contribution in [3.8, 4) is 5.75 Å². The summed E-state index contributed by atoms with van der Waals surface area (Å²) in [4.78, 5) is 50.4. The molecule has 204 valence electrons. The van der Waals surface area contributed by atoms with Crippen molar-refractivity contribution in [1.29, 1.82) is 0 Å². The van der Waals surface area contributed by atoms with Gasteiger partial charge in [0.15, 0.2) is 0 Å². The molecule has 3 heterocycles. The van der Waals surface area contributed by atoms with E-state index in [1.54, 1.807) is 18.1 Å². The molecule has 3 N–H and O–H groups in total. The van der Waals surface area contributed by atoms with E-state index < -0.39 is 0 Å². The first-order valence-electron chi connectivity index (χ1n) is 13.7. The number of anilines is 1. The standard InChI is InChI=1S/C29H34N6O4/c1-17-13-20(15-24-26(17)33-27(31-24)18-3-4-18)28(37)30-16-25(36)34-10-8-21(9-11-34)35-12-7-19-14-22(39-2)5-6-23(19)32-29(35)38/h5-6,13-15,18,21H,3-4,7-12,16H2,1-2H3,(H,30,37)(H,31,33)(H,32,38). The Bertz CT molecular complexity index is 1440. The molecule has 0 radical (unpaired) electrons. The molecule has 39 heavy (non-hydrogen) atoms. The van der Waals surface area contributed by atoms with Crippen LogP contribution >= 0.6 is 0 Å². The van der Waals surface area contributed by atoms with Crippen LogP contribution in [0.25, 0.3) is 11.0 Å². The van der Waals surface area contributed by atoms with Crippen molar-refractivity contribution in [3.63, 3.8) is 0 Å². The second-order valence-electron chi connectivity index (χ2n) is 10.8. The van der Waals surface area contributed by atoms with Crippen molar-refractivity contribution in [3.05, 3.63) is 52.8 Å². The quantitative estimate of drug-likeness (QED) is 0.450. The molecule has 1 saturated heterocycles. The van der Waals surface area contributed by atoms with Crippen LogP contribution in [0.4, 0.5) is 10.5 Å². The summed E-state index contributed by atoms with van der Waals surface area (Å²) in [6, 6.07) is 9.27. The fourth-order valence-electron chi connectivity index (χ4n) is 5.69. The van der Waals surface area contributed by atoms with Crippen molar-refractivity contribution in [2.45, 2.75) is 51.0 Å². The Balaban J connectivity index is 1.01. The van der Waals surface area contributed by atoms with Gasteiger partial charge in [0.25, 0.3) is 5.91 Å². The lowest BCUT2D eigenvalue weighted by Gasteiger charge is -2.38. The molecule has 1 saturated carbocycles. The van der Waals surface area contributed by atoms with E-state index in [2.05, 4.69) is 20.6 Å². The number of urea groups is 1. The second-order valence-corrected chi connectivity index (χ2v) is 10.8. The van der Waals surface area contributed by atoms with E-state index in [9.17, 15) is 14.4 Å². The van der Waals surface area contributed by atoms with Gasteiger partial charge in [-0.2, -0.15) is 0 Å². The number of imidazole rings is 1. The molecular formula is C29H34N6O4. The Morgan fingerprint density at radius 3 is 2.64 bits per heavy atom. The van der Waals surface area contributed by atoms with Gasteiger partial charge in [-0.25, -0.2) is 9.78 Å². The third kappa shape index (κ3) is 5.15. The molecule has 1 aromatic heterocycles. The predicted molar refractivity (Wildman–Crippen MR) is 147 cm³/mol. The van der Waals surface area contributed by atoms with E-state index in [-0.39, 0.29) is 30.4 Å². The summed E-state index contributed by atoms with van der Waals surface area (Å²) in [5, 5.41) is 5.81. The number of fused-ring (bicyclic) bond motifs is 2. The number of hydrogen-bond acceptors (Lipinski definition) is 5. The Morgan fingerprint density at radius 2 is 1.90 bits per heavy atom. The van der Waals surface area contributed by atoms with E-state index in [1.165, 1.54) is 0 Å². The number of nitrogens with one attached hydrogen (secondary N) is 3. The highest BCUT2D eigenvalue weighted by Crippen LogP contribution is 2.39. The molecule has 0 unspecified atom stereocenters. The zero-order chi connectivity index (χ0) is 27.1. The molecule has 3 aliphatic rings. The Labute approximate surface area is 227 Å². The van der Waals surface area contributed by atoms with Gasteiger partial charge >= 0.3 is 6.03 Å². The van der Waals surface area contributed by atoms with Crippen LogP contribution in [0.3, 0.4) is 0 Å². The van der Waals surface area contributed by atoms with E-state index in [0.29, 0.717) is 44.0 Å². The van der Waals surface area contributed by atoms with Crippen molar-refractivity contribution in [2.24, 2.45) is 0 Å². The number of likely N-dealkylation sites (tertiary alicyclic amines) is 1. The number of aromatic nitrogens is 2. The fraction of sp³-hybridized carbons (Fsp3) is 0.448. The minimum absolute atomic E-state index is 0.0592. The molecule has 0 bridgehead atoms. The number of benzene rings is 2. The maximum Gasteiger partial charge on any atom is 0.322 e. The number of nitrogens with zero attached hydrogens (tertiary/aromatic N) is 3. The number of methoxy groups -OCH3 is 1. The van der Waals surface area contributed by atoms with Crippen molar-refractivity contribution in [2.75, 3.05) is 38.6 Å². The average molecular weight is 531 g/mol. The number of amides is 4. The smallest absolute Gasteiger partial charge is 0.322 e. The Hall–Kier alpha value is -4.08. The molecule has 2 aromatic carbocycles. The SMILES string of the molecule is COc1ccc2c(c1)CCN(C1CCN(C(=O)CNC(=O)c3cc(C)c4[nH]c(C5CC5)nc4c3)CC1)C(=O)N2. The van der Waals surface area contributed by atoms with Gasteiger partial charge in [-0.3, -0.25) is 9.59 Å². The fourth-order valence-corrected chi connectivity index (χ4v) is 5.69. The largest absolute Gasteiger partial charge is 0.497 e. The topological polar surface area (TPSA) is 120 Å². The molecule has 10 heteroatoms. The van der Waals surface area contributed by atoms with Crippen LogP contribution in [0.15, 0.2) is 30.3 Å². The number of aryl methyl sites for hydroxylation is 1. The predicted octanol–water partition coefficient (Wildman–Crippen LogP) is 3.57. The number of piperidine rings is 1. The molecular weight excluding hydrogens is 496 g/mol. The van der Waals surface area contributed by atoms with Gasteiger partial charge in [0.05, 0.1) is 24.7 Å². The molecule has 0 spiro atoms. The van der Waals surface area contributed by atoms with E-state index >= 15 is 0 Å². The van der Waals surface area contributed by atoms with Crippen molar-refractivity contribution in [1.82, 2.24) is 25.1 Å². The Morgan fingerprint density at radius 1 is 1.10 bits per heavy atom. The van der Waals surface area contributed by atoms with Gasteiger partial charge in [0.1, 0.15) is 11.6 Å². The summed E-state index contributed by atoms with van der Waals surface area (Å²) in [5.74, 6) is 1.87. The molecule has 0 atom stereocenters. The summed E-state index contributed by atoms with van der Waals surface area (Å²) in [5.41, 5.74) is 5.09. The monoisotopic (exact) mass is 530 g/mol. The summed E-state index contributed by atoms with van der Waals surface area (Å²) < 4.78 is 5.32. The third-order valence-corrected chi connectivity index (χ3v) is 8.13. The van der Waals surface area contributed by atoms with Crippen molar-refractivity contribution >= 4 is 34.6 Å². The lowest BCUT2D eigenvalue weighted by molar-refractivity contribution is -0.131. The molecule has 2 fully saturated rings. The average Bonchev–Trinajstić information content (AvgIpc) is 3.73. The summed E-state index contributed by atoms with van der Waals surface area (Å²) in [7, 11) is 1.63. The van der Waals surface area contributed by atoms with E-state index in [1.807, 2.05) is 36.1 Å². The number of carbonyl (C=O) groups excluding carboxylic acids is 3. The third-order valence-electron chi connectivity index (χ3n) is 8.13. The van der Waals surface area contributed by atoms with Gasteiger partial charge in [0.2, 0.25) is 5.91 Å². The van der Waals surface area contributed by atoms with Crippen molar-refractivity contribution < 1.29 is 19.1 Å². The highest BCUT2D eigenvalue weighted by atomic mass is 16.5. The van der Waals surface area contributed by atoms with Crippen LogP contribution in [0, 0.1) is 6.92 Å². The van der Waals surface area contributed by atoms with Crippen LogP contribution in [0.2, 0.25) is 0 Å². The lowest BCUT2D eigenvalue weighted by Crippen LogP contribution is -2.51. The number of H-pyrrole nitrogens is 1. The van der Waals surface area contributed by atoms with Gasteiger partial charge in [-0.05, 0) is 80.5 Å². The van der Waals surface area contributed by atoms with E-state index in [4.69, 9.17) is 4.74 Å². The summed E-state index contributed by atoms with van der Waals surface area (Å²) in [6.07, 6.45) is 4.44. The summed E-state index contributed by atoms with van der Waals surface area (Å²) in [6.45, 7) is 3.61. The van der Waals surface area contributed by atoms with Gasteiger partial charge in [0, 0.05) is 42.8 Å². The molecule has 1 aliphatic carbocycles. The van der Waals surface area contributed by atoms with Crippen LogP contribution in [0.5, 0.6) is 5.75 Å². The lowest BCUT2D eigenvalue weighted by atomic mass is 10.0. The number of ether oxygens (including phenoxy) is 1. The highest BCUT2D eigenvalue weighted by Gasteiger charge is 2.32. The minimum atomic E-state index is -0.281. The molecule has 3 aromatic rings. The zero-order valence-electron chi connectivity index (χ0n) is 22.4. The maximum absolute atomic E-state index is 13.0. The maximum atomic E-state index is 13.0. The second kappa shape index (κ2) is 10.2. The number of aromatic amines is 1. The zero-order valence-corrected chi connectivity index (χ0v) is 22.4. The van der Waals surface area contributed by atoms with E-state index in [0.717, 1.165) is 58.7 Å². The number of carbonyl (C=O) groups is 3. The molecule has 6 rings (SSSR count). The Kier molecular flexibility index (Phi) is 6.62. The summed E-state index contributed by atoms with van der Waals surface area (Å²) >= 11 is 0. The first kappa shape index (κ1) is 25.2. The first-order valence-corrected chi connectivity index (χ1v) is 13.7. The molecule has 4 amide bonds. The molecule has 2 aliphatic heterocycles. The first-order chi connectivity index (χ1) is 18.9. The normalized spacial score (nSPS) is 17.9.